The van der Waals surface area contributed by atoms with Gasteiger partial charge in [0.15, 0.2) is 5.75 Å². The zero-order valence-electron chi connectivity index (χ0n) is 25.2. The normalized spacial score (nSPS) is 12.1. The number of carbonyl (C=O) groups excluding carboxylic acids is 1. The third kappa shape index (κ3) is 8.44. The average molecular weight is 596 g/mol. The molecule has 0 aliphatic carbocycles. The predicted octanol–water partition coefficient (Wildman–Crippen LogP) is 3.72. The molecule has 1 heterocycles. The summed E-state index contributed by atoms with van der Waals surface area (Å²) in [6.45, 7) is 8.66. The lowest BCUT2D eigenvalue weighted by Crippen LogP contribution is -2.27. The Balaban J connectivity index is 1.92. The van der Waals surface area contributed by atoms with Crippen LogP contribution in [-0.4, -0.2) is 46.3 Å². The number of nitrogens with one attached hydrogen (secondary N) is 3. The summed E-state index contributed by atoms with van der Waals surface area (Å²) in [5, 5.41) is 7.34. The number of hydrogen-bond acceptors (Lipinski definition) is 9. The highest BCUT2D eigenvalue weighted by atomic mass is 32.2. The van der Waals surface area contributed by atoms with Crippen molar-refractivity contribution in [2.24, 2.45) is 11.6 Å². The number of carbonyl (C=O) groups is 1. The van der Waals surface area contributed by atoms with Crippen molar-refractivity contribution in [1.29, 1.82) is 0 Å². The molecule has 0 saturated carbocycles. The van der Waals surface area contributed by atoms with E-state index in [9.17, 15) is 13.2 Å². The highest BCUT2D eigenvalue weighted by Crippen LogP contribution is 2.39. The number of hydrazine groups is 1. The molecule has 3 aromatic rings. The van der Waals surface area contributed by atoms with Gasteiger partial charge < -0.3 is 21.1 Å². The van der Waals surface area contributed by atoms with E-state index in [-0.39, 0.29) is 16.9 Å². The highest BCUT2D eigenvalue weighted by Gasteiger charge is 2.23. The summed E-state index contributed by atoms with van der Waals surface area (Å²) in [4.78, 5) is 17.9. The van der Waals surface area contributed by atoms with Gasteiger partial charge in [0.2, 0.25) is 10.0 Å². The maximum atomic E-state index is 13.5. The van der Waals surface area contributed by atoms with E-state index in [4.69, 9.17) is 16.3 Å². The Morgan fingerprint density at radius 2 is 1.76 bits per heavy atom. The van der Waals surface area contributed by atoms with Crippen molar-refractivity contribution in [2.75, 3.05) is 42.0 Å². The van der Waals surface area contributed by atoms with E-state index in [1.807, 2.05) is 46.9 Å². The van der Waals surface area contributed by atoms with Gasteiger partial charge in [0.1, 0.15) is 0 Å². The van der Waals surface area contributed by atoms with Gasteiger partial charge in [-0.1, -0.05) is 26.8 Å². The fourth-order valence-electron chi connectivity index (χ4n) is 4.16. The van der Waals surface area contributed by atoms with E-state index in [0.29, 0.717) is 22.6 Å². The largest absolute Gasteiger partial charge is 0.492 e. The van der Waals surface area contributed by atoms with Crippen molar-refractivity contribution in [3.63, 3.8) is 0 Å². The summed E-state index contributed by atoms with van der Waals surface area (Å²) in [5.41, 5.74) is 11.1. The van der Waals surface area contributed by atoms with Gasteiger partial charge >= 0.3 is 0 Å². The topological polar surface area (TPSA) is 165 Å². The molecule has 0 fully saturated rings. The second-order valence-electron chi connectivity index (χ2n) is 11.1. The molecule has 0 atom stereocenters. The van der Waals surface area contributed by atoms with E-state index in [0.717, 1.165) is 41.6 Å². The number of anilines is 3. The molecule has 1 aromatic heterocycles. The standard InChI is InChI=1S/C30H41N7O4S/c1-19-8-9-20(14-27(19)37(32)18-24(31)21-10-11-23(34-17-21)12-13-33-5)29(38)35-25-15-22(30(2,3)4)16-26(28(25)41-6)36-42(7,39)40/h8-11,14-18,33,36H,12-13,31-32H2,1-7H3,(H,35,38)/b24-18-. The number of aromatic nitrogens is 1. The number of hydrogen-bond donors (Lipinski definition) is 5. The number of methoxy groups -OCH3 is 1. The van der Waals surface area contributed by atoms with E-state index in [1.165, 1.54) is 12.1 Å². The number of amides is 1. The summed E-state index contributed by atoms with van der Waals surface area (Å²) in [5.74, 6) is 6.13. The van der Waals surface area contributed by atoms with E-state index in [1.54, 1.807) is 42.7 Å². The summed E-state index contributed by atoms with van der Waals surface area (Å²) >= 11 is 0. The van der Waals surface area contributed by atoms with Crippen LogP contribution in [0.4, 0.5) is 17.1 Å². The SMILES string of the molecule is CNCCc1ccc(/C(N)=C/N(N)c2cc(C(=O)Nc3cc(C(C)(C)C)cc(NS(C)(=O)=O)c3OC)ccc2C)cn1. The second-order valence-corrected chi connectivity index (χ2v) is 12.8. The number of nitrogens with zero attached hydrogens (tertiary/aromatic N) is 2. The first-order chi connectivity index (χ1) is 19.6. The Kier molecular flexibility index (Phi) is 10.2. The number of sulfonamides is 1. The molecule has 3 rings (SSSR count). The number of nitrogens with two attached hydrogens (primary N) is 2. The molecule has 0 aliphatic heterocycles. The summed E-state index contributed by atoms with van der Waals surface area (Å²) < 4.78 is 32.1. The lowest BCUT2D eigenvalue weighted by molar-refractivity contribution is 0.102. The number of rotatable bonds is 11. The molecule has 226 valence electrons. The van der Waals surface area contributed by atoms with Gasteiger partial charge in [-0.3, -0.25) is 19.5 Å². The van der Waals surface area contributed by atoms with E-state index in [2.05, 4.69) is 20.3 Å². The quantitative estimate of drug-likeness (QED) is 0.164. The maximum Gasteiger partial charge on any atom is 0.255 e. The van der Waals surface area contributed by atoms with Crippen LogP contribution in [0, 0.1) is 6.92 Å². The molecule has 42 heavy (non-hydrogen) atoms. The molecule has 0 saturated heterocycles. The van der Waals surface area contributed by atoms with E-state index >= 15 is 0 Å². The van der Waals surface area contributed by atoms with Crippen LogP contribution in [0.5, 0.6) is 5.75 Å². The molecular formula is C30H41N7O4S. The average Bonchev–Trinajstić information content (AvgIpc) is 2.90. The molecule has 0 aliphatic rings. The van der Waals surface area contributed by atoms with Gasteiger partial charge in [-0.25, -0.2) is 14.3 Å². The number of benzene rings is 2. The minimum absolute atomic E-state index is 0.191. The zero-order valence-corrected chi connectivity index (χ0v) is 26.0. The Morgan fingerprint density at radius 3 is 2.33 bits per heavy atom. The molecule has 0 bridgehead atoms. The fraction of sp³-hybridized carbons (Fsp3) is 0.333. The first-order valence-corrected chi connectivity index (χ1v) is 15.3. The molecule has 11 nitrogen and oxygen atoms in total. The Bertz CT molecular complexity index is 1560. The lowest BCUT2D eigenvalue weighted by Gasteiger charge is -2.24. The van der Waals surface area contributed by atoms with Gasteiger partial charge in [0.05, 0.1) is 36.1 Å². The Morgan fingerprint density at radius 1 is 1.10 bits per heavy atom. The van der Waals surface area contributed by atoms with Gasteiger partial charge in [0.25, 0.3) is 5.91 Å². The summed E-state index contributed by atoms with van der Waals surface area (Å²) in [6, 6.07) is 12.4. The first kappa shape index (κ1) is 32.4. The van der Waals surface area contributed by atoms with Gasteiger partial charge in [0, 0.05) is 42.2 Å². The van der Waals surface area contributed by atoms with Crippen LogP contribution >= 0.6 is 0 Å². The molecule has 12 heteroatoms. The molecule has 7 N–H and O–H groups in total. The first-order valence-electron chi connectivity index (χ1n) is 13.4. The Hall–Kier alpha value is -4.13. The van der Waals surface area contributed by atoms with Crippen molar-refractivity contribution in [3.05, 3.63) is 82.8 Å². The summed E-state index contributed by atoms with van der Waals surface area (Å²) in [7, 11) is -0.308. The Labute approximate surface area is 248 Å². The molecule has 0 radical (unpaired) electrons. The second kappa shape index (κ2) is 13.2. The van der Waals surface area contributed by atoms with E-state index < -0.39 is 15.9 Å². The molecule has 2 aromatic carbocycles. The molecule has 1 amide bonds. The van der Waals surface area contributed by atoms with Crippen molar-refractivity contribution in [3.8, 4) is 5.75 Å². The number of ether oxygens (including phenoxy) is 1. The van der Waals surface area contributed by atoms with Crippen LogP contribution < -0.4 is 36.7 Å². The number of likely N-dealkylation sites (N-methyl/N-ethyl adjacent to an activating group) is 1. The highest BCUT2D eigenvalue weighted by molar-refractivity contribution is 7.92. The third-order valence-electron chi connectivity index (χ3n) is 6.52. The van der Waals surface area contributed by atoms with Crippen molar-refractivity contribution in [1.82, 2.24) is 10.3 Å². The molecular weight excluding hydrogens is 554 g/mol. The van der Waals surface area contributed by atoms with Crippen molar-refractivity contribution >= 4 is 38.7 Å². The fourth-order valence-corrected chi connectivity index (χ4v) is 4.71. The van der Waals surface area contributed by atoms with Crippen LogP contribution in [0.25, 0.3) is 5.70 Å². The van der Waals surface area contributed by atoms with Crippen LogP contribution in [0.3, 0.4) is 0 Å². The lowest BCUT2D eigenvalue weighted by atomic mass is 9.86. The van der Waals surface area contributed by atoms with Crippen molar-refractivity contribution in [2.45, 2.75) is 39.5 Å². The maximum absolute atomic E-state index is 13.5. The predicted molar refractivity (Wildman–Crippen MR) is 170 cm³/mol. The third-order valence-corrected chi connectivity index (χ3v) is 7.11. The monoisotopic (exact) mass is 595 g/mol. The zero-order chi connectivity index (χ0) is 31.2. The van der Waals surface area contributed by atoms with Crippen LogP contribution in [0.15, 0.2) is 54.9 Å². The van der Waals surface area contributed by atoms with Crippen LogP contribution in [0.1, 0.15) is 53.5 Å². The molecule has 0 unspecified atom stereocenters. The van der Waals surface area contributed by atoms with Gasteiger partial charge in [-0.15, -0.1) is 0 Å². The molecule has 0 spiro atoms. The smallest absolute Gasteiger partial charge is 0.255 e. The van der Waals surface area contributed by atoms with Crippen molar-refractivity contribution < 1.29 is 17.9 Å². The number of aryl methyl sites for hydroxylation is 1. The van der Waals surface area contributed by atoms with Gasteiger partial charge in [-0.2, -0.15) is 0 Å². The minimum atomic E-state index is -3.61. The van der Waals surface area contributed by atoms with Gasteiger partial charge in [-0.05, 0) is 66.9 Å². The van der Waals surface area contributed by atoms with Crippen LogP contribution in [-0.2, 0) is 21.9 Å². The number of pyridine rings is 1. The minimum Gasteiger partial charge on any atom is -0.492 e. The van der Waals surface area contributed by atoms with Crippen LogP contribution in [0.2, 0.25) is 0 Å². The summed E-state index contributed by atoms with van der Waals surface area (Å²) in [6.07, 6.45) is 5.14.